The average molecular weight is 394 g/mol. The van der Waals surface area contributed by atoms with Crippen molar-refractivity contribution in [3.05, 3.63) is 41.4 Å². The third kappa shape index (κ3) is 6.18. The van der Waals surface area contributed by atoms with Crippen molar-refractivity contribution in [2.75, 3.05) is 0 Å². The lowest BCUT2D eigenvalue weighted by Crippen LogP contribution is -2.14. The Morgan fingerprint density at radius 1 is 1.07 bits per heavy atom. The highest BCUT2D eigenvalue weighted by molar-refractivity contribution is 5.32. The van der Waals surface area contributed by atoms with Gasteiger partial charge in [0.1, 0.15) is 0 Å². The van der Waals surface area contributed by atoms with E-state index in [4.69, 9.17) is 0 Å². The fourth-order valence-corrected chi connectivity index (χ4v) is 3.57. The Hall–Kier alpha value is -1.66. The highest BCUT2D eigenvalue weighted by Gasteiger charge is 2.39. The zero-order valence-electron chi connectivity index (χ0n) is 15.2. The van der Waals surface area contributed by atoms with Gasteiger partial charge in [-0.15, -0.1) is 0 Å². The minimum Gasteiger partial charge on any atom is -0.426 e. The van der Waals surface area contributed by atoms with Gasteiger partial charge in [0.05, 0.1) is 0 Å². The standard InChI is InChI=1S/C20H24F6O/c1-2-3-4-5-13-6-8-14(9-7-13)15-10-11-17(16(21)12-15)27-19(23)18(22)20(24,25)26/h10-14H,2-9H2,1H3. The molecule has 0 unspecified atom stereocenters. The molecule has 1 saturated carbocycles. The van der Waals surface area contributed by atoms with Gasteiger partial charge in [-0.1, -0.05) is 38.7 Å². The summed E-state index contributed by atoms with van der Waals surface area (Å²) in [6.07, 6.45) is 3.26. The van der Waals surface area contributed by atoms with Gasteiger partial charge in [-0.25, -0.2) is 4.39 Å². The molecule has 1 aromatic rings. The number of hydrogen-bond acceptors (Lipinski definition) is 1. The van der Waals surface area contributed by atoms with Crippen LogP contribution in [0.4, 0.5) is 26.3 Å². The Morgan fingerprint density at radius 3 is 2.30 bits per heavy atom. The van der Waals surface area contributed by atoms with E-state index in [9.17, 15) is 26.3 Å². The van der Waals surface area contributed by atoms with Crippen LogP contribution in [0.15, 0.2) is 30.0 Å². The molecule has 1 fully saturated rings. The Bertz CT molecular complexity index is 644. The van der Waals surface area contributed by atoms with Gasteiger partial charge < -0.3 is 4.74 Å². The molecule has 27 heavy (non-hydrogen) atoms. The molecule has 0 atom stereocenters. The number of hydrogen-bond donors (Lipinski definition) is 0. The SMILES string of the molecule is CCCCCC1CCC(c2ccc(OC(F)=C(F)C(F)(F)F)c(F)c2)CC1. The number of unbranched alkanes of at least 4 members (excludes halogenated alkanes) is 2. The molecule has 0 aromatic heterocycles. The van der Waals surface area contributed by atoms with E-state index in [2.05, 4.69) is 11.7 Å². The van der Waals surface area contributed by atoms with Crippen molar-refractivity contribution in [3.8, 4) is 5.75 Å². The minimum absolute atomic E-state index is 0.156. The van der Waals surface area contributed by atoms with Crippen LogP contribution in [0.25, 0.3) is 0 Å². The van der Waals surface area contributed by atoms with Crippen molar-refractivity contribution in [1.82, 2.24) is 0 Å². The Balaban J connectivity index is 1.97. The van der Waals surface area contributed by atoms with Crippen LogP contribution >= 0.6 is 0 Å². The fraction of sp³-hybridized carbons (Fsp3) is 0.600. The van der Waals surface area contributed by atoms with Gasteiger partial charge in [-0.05, 0) is 55.2 Å². The summed E-state index contributed by atoms with van der Waals surface area (Å²) < 4.78 is 80.4. The highest BCUT2D eigenvalue weighted by atomic mass is 19.4. The Morgan fingerprint density at radius 2 is 1.74 bits per heavy atom. The van der Waals surface area contributed by atoms with Crippen molar-refractivity contribution in [3.63, 3.8) is 0 Å². The van der Waals surface area contributed by atoms with E-state index in [0.29, 0.717) is 11.5 Å². The molecule has 2 rings (SSSR count). The van der Waals surface area contributed by atoms with Crippen LogP contribution in [0.1, 0.15) is 69.8 Å². The zero-order chi connectivity index (χ0) is 20.0. The van der Waals surface area contributed by atoms with E-state index in [1.54, 1.807) is 0 Å². The third-order valence-electron chi connectivity index (χ3n) is 5.11. The molecule has 0 spiro atoms. The maximum atomic E-state index is 14.1. The van der Waals surface area contributed by atoms with Crippen molar-refractivity contribution < 1.29 is 31.1 Å². The largest absolute Gasteiger partial charge is 0.449 e. The molecule has 0 heterocycles. The van der Waals surface area contributed by atoms with E-state index in [1.165, 1.54) is 31.7 Å². The summed E-state index contributed by atoms with van der Waals surface area (Å²) in [4.78, 5) is 0. The monoisotopic (exact) mass is 394 g/mol. The summed E-state index contributed by atoms with van der Waals surface area (Å²) in [5.41, 5.74) is 0.701. The number of alkyl halides is 3. The Kier molecular flexibility index (Phi) is 7.62. The van der Waals surface area contributed by atoms with Crippen molar-refractivity contribution in [1.29, 1.82) is 0 Å². The molecule has 1 nitrogen and oxygen atoms in total. The molecule has 0 amide bonds. The summed E-state index contributed by atoms with van der Waals surface area (Å²) in [7, 11) is 0. The second-order valence-corrected chi connectivity index (χ2v) is 7.09. The van der Waals surface area contributed by atoms with E-state index in [1.807, 2.05) is 0 Å². The average Bonchev–Trinajstić information content (AvgIpc) is 2.62. The Labute approximate surface area is 155 Å². The lowest BCUT2D eigenvalue weighted by molar-refractivity contribution is -0.114. The quantitative estimate of drug-likeness (QED) is 0.261. The number of benzene rings is 1. The van der Waals surface area contributed by atoms with E-state index >= 15 is 0 Å². The third-order valence-corrected chi connectivity index (χ3v) is 5.11. The summed E-state index contributed by atoms with van der Waals surface area (Å²) >= 11 is 0. The van der Waals surface area contributed by atoms with Crippen LogP contribution < -0.4 is 4.74 Å². The summed E-state index contributed by atoms with van der Waals surface area (Å²) in [6.45, 7) is 2.16. The molecule has 0 radical (unpaired) electrons. The fourth-order valence-electron chi connectivity index (χ4n) is 3.57. The molecule has 0 aliphatic heterocycles. The van der Waals surface area contributed by atoms with Crippen LogP contribution in [-0.2, 0) is 0 Å². The van der Waals surface area contributed by atoms with Gasteiger partial charge >= 0.3 is 12.2 Å². The van der Waals surface area contributed by atoms with Crippen LogP contribution in [0.2, 0.25) is 0 Å². The first-order chi connectivity index (χ1) is 12.7. The van der Waals surface area contributed by atoms with Gasteiger partial charge in [0.15, 0.2) is 11.6 Å². The molecule has 0 bridgehead atoms. The van der Waals surface area contributed by atoms with Gasteiger partial charge in [0.25, 0.3) is 5.83 Å². The number of ether oxygens (including phenoxy) is 1. The first kappa shape index (κ1) is 21.6. The van der Waals surface area contributed by atoms with Crippen molar-refractivity contribution in [2.24, 2.45) is 5.92 Å². The second-order valence-electron chi connectivity index (χ2n) is 7.09. The normalized spacial score (nSPS) is 21.7. The first-order valence-electron chi connectivity index (χ1n) is 9.32. The summed E-state index contributed by atoms with van der Waals surface area (Å²) in [5.74, 6) is -3.97. The van der Waals surface area contributed by atoms with Crippen LogP contribution in [-0.4, -0.2) is 6.18 Å². The summed E-state index contributed by atoms with van der Waals surface area (Å²) in [5, 5.41) is 0. The first-order valence-corrected chi connectivity index (χ1v) is 9.32. The highest BCUT2D eigenvalue weighted by Crippen LogP contribution is 2.39. The van der Waals surface area contributed by atoms with Crippen molar-refractivity contribution >= 4 is 0 Å². The molecule has 1 aromatic carbocycles. The maximum Gasteiger partial charge on any atom is 0.449 e. The molecule has 1 aliphatic rings. The minimum atomic E-state index is -5.52. The van der Waals surface area contributed by atoms with E-state index in [-0.39, 0.29) is 5.92 Å². The van der Waals surface area contributed by atoms with Gasteiger partial charge in [0, 0.05) is 0 Å². The summed E-state index contributed by atoms with van der Waals surface area (Å²) in [6, 6.07) is 1.18. The maximum absolute atomic E-state index is 14.1. The number of rotatable bonds is 7. The zero-order valence-corrected chi connectivity index (χ0v) is 15.2. The lowest BCUT2D eigenvalue weighted by Gasteiger charge is -2.29. The second kappa shape index (κ2) is 9.51. The predicted molar refractivity (Wildman–Crippen MR) is 91.2 cm³/mol. The molecule has 152 valence electrons. The van der Waals surface area contributed by atoms with Gasteiger partial charge in [-0.3, -0.25) is 0 Å². The molecule has 1 aliphatic carbocycles. The topological polar surface area (TPSA) is 9.23 Å². The molecule has 0 N–H and O–H groups in total. The van der Waals surface area contributed by atoms with Crippen LogP contribution in [0.5, 0.6) is 5.75 Å². The smallest absolute Gasteiger partial charge is 0.426 e. The number of halogens is 6. The van der Waals surface area contributed by atoms with Gasteiger partial charge in [-0.2, -0.15) is 22.0 Å². The van der Waals surface area contributed by atoms with Crippen LogP contribution in [0.3, 0.4) is 0 Å². The molecular formula is C20H24F6O. The lowest BCUT2D eigenvalue weighted by atomic mass is 9.77. The molecular weight excluding hydrogens is 370 g/mol. The van der Waals surface area contributed by atoms with E-state index in [0.717, 1.165) is 37.8 Å². The van der Waals surface area contributed by atoms with Gasteiger partial charge in [0.2, 0.25) is 0 Å². The van der Waals surface area contributed by atoms with E-state index < -0.39 is 29.6 Å². The predicted octanol–water partition coefficient (Wildman–Crippen LogP) is 7.73. The number of allylic oxidation sites excluding steroid dienone is 1. The van der Waals surface area contributed by atoms with Crippen LogP contribution in [0, 0.1) is 11.7 Å². The molecule has 0 saturated heterocycles. The van der Waals surface area contributed by atoms with Crippen molar-refractivity contribution in [2.45, 2.75) is 70.4 Å². The molecule has 7 heteroatoms.